The third-order valence-electron chi connectivity index (χ3n) is 1.53. The smallest absolute Gasteiger partial charge is 0.135 e. The maximum Gasteiger partial charge on any atom is 0.135 e. The van der Waals surface area contributed by atoms with Crippen molar-refractivity contribution in [2.45, 2.75) is 13.0 Å². The molecule has 0 fully saturated rings. The van der Waals surface area contributed by atoms with E-state index in [-0.39, 0.29) is 0 Å². The predicted octanol–water partition coefficient (Wildman–Crippen LogP) is 1.62. The van der Waals surface area contributed by atoms with Crippen molar-refractivity contribution in [1.29, 1.82) is 0 Å². The Labute approximate surface area is 94.8 Å². The Morgan fingerprint density at radius 2 is 2.29 bits per heavy atom. The van der Waals surface area contributed by atoms with Crippen molar-refractivity contribution in [3.63, 3.8) is 0 Å². The molecule has 76 valence electrons. The fourth-order valence-corrected chi connectivity index (χ4v) is 1.59. The normalized spacial score (nSPS) is 12.2. The first-order valence-electron chi connectivity index (χ1n) is 3.83. The molecule has 0 radical (unpaired) electrons. The zero-order valence-corrected chi connectivity index (χ0v) is 9.63. The zero-order chi connectivity index (χ0) is 10.7. The molecule has 0 saturated heterocycles. The van der Waals surface area contributed by atoms with Crippen LogP contribution in [0.25, 0.3) is 0 Å². The van der Waals surface area contributed by atoms with Crippen molar-refractivity contribution < 1.29 is 14.6 Å². The van der Waals surface area contributed by atoms with Crippen molar-refractivity contribution in [2.75, 3.05) is 0 Å². The molecule has 0 heterocycles. The van der Waals surface area contributed by atoms with Crippen LogP contribution >= 0.6 is 27.5 Å². The first-order valence-corrected chi connectivity index (χ1v) is 5.00. The van der Waals surface area contributed by atoms with Crippen molar-refractivity contribution in [2.24, 2.45) is 0 Å². The largest absolute Gasteiger partial charge is 0.546 e. The van der Waals surface area contributed by atoms with E-state index in [0.717, 1.165) is 0 Å². The minimum Gasteiger partial charge on any atom is -0.546 e. The van der Waals surface area contributed by atoms with E-state index in [2.05, 4.69) is 15.9 Å². The molecular weight excluding hydrogens is 271 g/mol. The van der Waals surface area contributed by atoms with Gasteiger partial charge < -0.3 is 14.6 Å². The van der Waals surface area contributed by atoms with Gasteiger partial charge in [-0.3, -0.25) is 0 Å². The van der Waals surface area contributed by atoms with Gasteiger partial charge in [0.25, 0.3) is 0 Å². The Morgan fingerprint density at radius 3 is 2.79 bits per heavy atom. The maximum atomic E-state index is 10.4. The Balaban J connectivity index is 2.82. The van der Waals surface area contributed by atoms with Crippen LogP contribution in [0.15, 0.2) is 22.7 Å². The van der Waals surface area contributed by atoms with Crippen LogP contribution in [0.4, 0.5) is 0 Å². The fourth-order valence-electron chi connectivity index (χ4n) is 0.809. The van der Waals surface area contributed by atoms with Gasteiger partial charge in [0, 0.05) is 5.02 Å². The lowest BCUT2D eigenvalue weighted by Crippen LogP contribution is -2.37. The molecule has 0 aliphatic carbocycles. The van der Waals surface area contributed by atoms with Crippen LogP contribution in [0, 0.1) is 0 Å². The van der Waals surface area contributed by atoms with Gasteiger partial charge in [-0.2, -0.15) is 0 Å². The number of ether oxygens (including phenoxy) is 1. The van der Waals surface area contributed by atoms with E-state index >= 15 is 0 Å². The molecule has 0 aliphatic rings. The van der Waals surface area contributed by atoms with Crippen LogP contribution in [-0.4, -0.2) is 12.1 Å². The van der Waals surface area contributed by atoms with Crippen LogP contribution in [0.2, 0.25) is 5.02 Å². The van der Waals surface area contributed by atoms with Crippen LogP contribution < -0.4 is 9.84 Å². The lowest BCUT2D eigenvalue weighted by atomic mass is 10.3. The number of aliphatic carboxylic acids is 1. The monoisotopic (exact) mass is 277 g/mol. The number of hydrogen-bond acceptors (Lipinski definition) is 3. The second-order valence-electron chi connectivity index (χ2n) is 2.65. The number of carboxylic acid groups (broad SMARTS) is 1. The van der Waals surface area contributed by atoms with Crippen LogP contribution in [0.5, 0.6) is 5.75 Å². The van der Waals surface area contributed by atoms with E-state index in [1.807, 2.05) is 0 Å². The van der Waals surface area contributed by atoms with Gasteiger partial charge in [-0.25, -0.2) is 0 Å². The second-order valence-corrected chi connectivity index (χ2v) is 3.94. The molecule has 0 N–H and O–H groups in total. The lowest BCUT2D eigenvalue weighted by molar-refractivity contribution is -0.312. The van der Waals surface area contributed by atoms with Gasteiger partial charge in [0.15, 0.2) is 0 Å². The van der Waals surface area contributed by atoms with Crippen LogP contribution in [0.1, 0.15) is 6.92 Å². The zero-order valence-electron chi connectivity index (χ0n) is 7.29. The lowest BCUT2D eigenvalue weighted by Gasteiger charge is -2.16. The molecule has 0 saturated carbocycles. The molecule has 0 amide bonds. The van der Waals surface area contributed by atoms with Gasteiger partial charge in [0.1, 0.15) is 11.9 Å². The molecule has 14 heavy (non-hydrogen) atoms. The predicted molar refractivity (Wildman–Crippen MR) is 54.2 cm³/mol. The first kappa shape index (κ1) is 11.3. The number of carbonyl (C=O) groups is 1. The summed E-state index contributed by atoms with van der Waals surface area (Å²) in [5, 5.41) is 11.0. The number of benzene rings is 1. The standard InChI is InChI=1S/C9H8BrClO3/c1-5(9(12)13)14-8-3-2-6(11)4-7(8)10/h2-5H,1H3,(H,12,13)/p-1/t5-/m1/s1. The topological polar surface area (TPSA) is 49.4 Å². The third-order valence-corrected chi connectivity index (χ3v) is 2.38. The van der Waals surface area contributed by atoms with E-state index in [1.165, 1.54) is 6.92 Å². The quantitative estimate of drug-likeness (QED) is 0.844. The Kier molecular flexibility index (Phi) is 3.77. The Hall–Kier alpha value is -0.740. The summed E-state index contributed by atoms with van der Waals surface area (Å²) in [5.41, 5.74) is 0. The maximum absolute atomic E-state index is 10.4. The molecule has 0 aliphatic heterocycles. The molecule has 1 rings (SSSR count). The minimum absolute atomic E-state index is 0.422. The van der Waals surface area contributed by atoms with Crippen molar-refractivity contribution >= 4 is 33.5 Å². The summed E-state index contributed by atoms with van der Waals surface area (Å²) < 4.78 is 5.70. The molecule has 1 atom stereocenters. The summed E-state index contributed by atoms with van der Waals surface area (Å²) in [5.74, 6) is -0.835. The van der Waals surface area contributed by atoms with Gasteiger partial charge in [-0.05, 0) is 41.1 Å². The molecule has 3 nitrogen and oxygen atoms in total. The highest BCUT2D eigenvalue weighted by Gasteiger charge is 2.07. The summed E-state index contributed by atoms with van der Waals surface area (Å²) in [6.07, 6.45) is -0.993. The second kappa shape index (κ2) is 4.66. The van der Waals surface area contributed by atoms with E-state index in [1.54, 1.807) is 18.2 Å². The average Bonchev–Trinajstić information content (AvgIpc) is 2.09. The van der Waals surface area contributed by atoms with E-state index in [4.69, 9.17) is 16.3 Å². The van der Waals surface area contributed by atoms with Gasteiger partial charge in [0.2, 0.25) is 0 Å². The molecule has 1 aromatic carbocycles. The highest BCUT2D eigenvalue weighted by molar-refractivity contribution is 9.10. The number of halogens is 2. The minimum atomic E-state index is -1.26. The van der Waals surface area contributed by atoms with Gasteiger partial charge in [-0.1, -0.05) is 11.6 Å². The molecule has 1 aromatic rings. The average molecular weight is 279 g/mol. The number of carbonyl (C=O) groups excluding carboxylic acids is 1. The van der Waals surface area contributed by atoms with Crippen molar-refractivity contribution in [3.8, 4) is 5.75 Å². The van der Waals surface area contributed by atoms with E-state index < -0.39 is 12.1 Å². The van der Waals surface area contributed by atoms with Gasteiger partial charge >= 0.3 is 0 Å². The van der Waals surface area contributed by atoms with Crippen LogP contribution in [0.3, 0.4) is 0 Å². The molecule has 0 spiro atoms. The summed E-state index contributed by atoms with van der Waals surface area (Å²) in [6, 6.07) is 4.83. The molecular formula is C9H7BrClO3-. The highest BCUT2D eigenvalue weighted by Crippen LogP contribution is 2.28. The number of carboxylic acids is 1. The van der Waals surface area contributed by atoms with Crippen molar-refractivity contribution in [1.82, 2.24) is 0 Å². The number of rotatable bonds is 3. The summed E-state index contributed by atoms with van der Waals surface area (Å²) in [7, 11) is 0. The van der Waals surface area contributed by atoms with E-state index in [9.17, 15) is 9.90 Å². The molecule has 5 heteroatoms. The molecule has 0 unspecified atom stereocenters. The number of hydrogen-bond donors (Lipinski definition) is 0. The van der Waals surface area contributed by atoms with Crippen molar-refractivity contribution in [3.05, 3.63) is 27.7 Å². The SMILES string of the molecule is C[C@@H](Oc1ccc(Cl)cc1Br)C(=O)[O-]. The van der Waals surface area contributed by atoms with Gasteiger partial charge in [0.05, 0.1) is 10.4 Å². The summed E-state index contributed by atoms with van der Waals surface area (Å²) >= 11 is 8.90. The highest BCUT2D eigenvalue weighted by atomic mass is 79.9. The molecule has 0 bridgehead atoms. The molecule has 0 aromatic heterocycles. The van der Waals surface area contributed by atoms with E-state index in [0.29, 0.717) is 15.2 Å². The Bertz CT molecular complexity index is 354. The summed E-state index contributed by atoms with van der Waals surface area (Å²) in [4.78, 5) is 10.4. The summed E-state index contributed by atoms with van der Waals surface area (Å²) in [6.45, 7) is 1.40. The first-order chi connectivity index (χ1) is 6.50. The van der Waals surface area contributed by atoms with Crippen LogP contribution in [-0.2, 0) is 4.79 Å². The fraction of sp³-hybridized carbons (Fsp3) is 0.222. The third kappa shape index (κ3) is 2.89. The van der Waals surface area contributed by atoms with Gasteiger partial charge in [-0.15, -0.1) is 0 Å². The Morgan fingerprint density at radius 1 is 1.64 bits per heavy atom.